The van der Waals surface area contributed by atoms with Crippen molar-refractivity contribution in [3.63, 3.8) is 0 Å². The zero-order valence-electron chi connectivity index (χ0n) is 8.06. The molecule has 13 heavy (non-hydrogen) atoms. The molecule has 0 fully saturated rings. The van der Waals surface area contributed by atoms with Crippen LogP contribution in [0, 0.1) is 11.3 Å². The van der Waals surface area contributed by atoms with Gasteiger partial charge in [0.15, 0.2) is 0 Å². The van der Waals surface area contributed by atoms with Gasteiger partial charge in [-0.3, -0.25) is 0 Å². The molecule has 0 unspecified atom stereocenters. The molecule has 0 radical (unpaired) electrons. The molecule has 1 aromatic carbocycles. The molecule has 0 aliphatic carbocycles. The Kier molecular flexibility index (Phi) is 5.75. The van der Waals surface area contributed by atoms with E-state index >= 15 is 0 Å². The maximum Gasteiger partial charge on any atom is 0.101 e. The van der Waals surface area contributed by atoms with Crippen molar-refractivity contribution < 1.29 is 0 Å². The highest BCUT2D eigenvalue weighted by Crippen LogP contribution is 2.19. The first-order valence-corrected chi connectivity index (χ1v) is 4.53. The number of nitrogens with one attached hydrogen (secondary N) is 1. The van der Waals surface area contributed by atoms with Crippen molar-refractivity contribution in [2.24, 2.45) is 0 Å². The van der Waals surface area contributed by atoms with Crippen molar-refractivity contribution in [1.29, 1.82) is 5.26 Å². The SMILES string of the molecule is CC.CNc1ccc(C#N)c(Cl)c1. The molecule has 0 amide bonds. The summed E-state index contributed by atoms with van der Waals surface area (Å²) in [5.74, 6) is 0. The quantitative estimate of drug-likeness (QED) is 0.748. The first-order valence-electron chi connectivity index (χ1n) is 4.15. The summed E-state index contributed by atoms with van der Waals surface area (Å²) in [4.78, 5) is 0. The van der Waals surface area contributed by atoms with Crippen LogP contribution < -0.4 is 5.32 Å². The van der Waals surface area contributed by atoms with Gasteiger partial charge in [0.1, 0.15) is 6.07 Å². The lowest BCUT2D eigenvalue weighted by molar-refractivity contribution is 1.46. The molecular formula is C10H13ClN2. The Bertz CT molecular complexity index is 302. The van der Waals surface area contributed by atoms with Crippen molar-refractivity contribution >= 4 is 17.3 Å². The van der Waals surface area contributed by atoms with Crippen LogP contribution in [-0.2, 0) is 0 Å². The Balaban J connectivity index is 0.000000671. The molecule has 70 valence electrons. The van der Waals surface area contributed by atoms with Crippen molar-refractivity contribution in [3.8, 4) is 6.07 Å². The smallest absolute Gasteiger partial charge is 0.101 e. The molecule has 3 heteroatoms. The maximum atomic E-state index is 8.53. The van der Waals surface area contributed by atoms with Gasteiger partial charge in [0.05, 0.1) is 10.6 Å². The predicted octanol–water partition coefficient (Wildman–Crippen LogP) is 3.28. The number of rotatable bonds is 1. The minimum absolute atomic E-state index is 0.486. The lowest BCUT2D eigenvalue weighted by atomic mass is 10.2. The number of benzene rings is 1. The van der Waals surface area contributed by atoms with Gasteiger partial charge in [-0.25, -0.2) is 0 Å². The van der Waals surface area contributed by atoms with Gasteiger partial charge >= 0.3 is 0 Å². The summed E-state index contributed by atoms with van der Waals surface area (Å²) in [5, 5.41) is 11.9. The van der Waals surface area contributed by atoms with Crippen molar-refractivity contribution in [3.05, 3.63) is 28.8 Å². The average molecular weight is 197 g/mol. The van der Waals surface area contributed by atoms with Crippen LogP contribution in [0.15, 0.2) is 18.2 Å². The Labute approximate surface area is 84.1 Å². The molecule has 2 nitrogen and oxygen atoms in total. The van der Waals surface area contributed by atoms with Gasteiger partial charge in [-0.15, -0.1) is 0 Å². The highest BCUT2D eigenvalue weighted by atomic mass is 35.5. The average Bonchev–Trinajstić information content (AvgIpc) is 2.20. The monoisotopic (exact) mass is 196 g/mol. The highest BCUT2D eigenvalue weighted by molar-refractivity contribution is 6.32. The third-order valence-electron chi connectivity index (χ3n) is 1.38. The molecule has 1 rings (SSSR count). The standard InChI is InChI=1S/C8H7ClN2.C2H6/c1-11-7-3-2-6(5-10)8(9)4-7;1-2/h2-4,11H,1H3;1-2H3. The summed E-state index contributed by atoms with van der Waals surface area (Å²) < 4.78 is 0. The summed E-state index contributed by atoms with van der Waals surface area (Å²) in [7, 11) is 1.80. The normalized spacial score (nSPS) is 7.92. The minimum Gasteiger partial charge on any atom is -0.388 e. The summed E-state index contributed by atoms with van der Waals surface area (Å²) in [6.45, 7) is 4.00. The Hall–Kier alpha value is -1.20. The van der Waals surface area contributed by atoms with Crippen LogP contribution in [0.4, 0.5) is 5.69 Å². The molecule has 0 aliphatic heterocycles. The molecule has 0 spiro atoms. The van der Waals surface area contributed by atoms with Crippen LogP contribution in [0.1, 0.15) is 19.4 Å². The molecule has 0 aromatic heterocycles. The number of hydrogen-bond donors (Lipinski definition) is 1. The van der Waals surface area contributed by atoms with Crippen LogP contribution >= 0.6 is 11.6 Å². The Morgan fingerprint density at radius 2 is 2.00 bits per heavy atom. The van der Waals surface area contributed by atoms with E-state index in [1.54, 1.807) is 19.2 Å². The van der Waals surface area contributed by atoms with Crippen LogP contribution in [0.5, 0.6) is 0 Å². The number of nitriles is 1. The van der Waals surface area contributed by atoms with Crippen molar-refractivity contribution in [2.45, 2.75) is 13.8 Å². The van der Waals surface area contributed by atoms with Gasteiger partial charge in [0.2, 0.25) is 0 Å². The summed E-state index contributed by atoms with van der Waals surface area (Å²) in [5.41, 5.74) is 1.42. The van der Waals surface area contributed by atoms with E-state index < -0.39 is 0 Å². The van der Waals surface area contributed by atoms with Crippen LogP contribution in [0.2, 0.25) is 5.02 Å². The molecule has 0 atom stereocenters. The highest BCUT2D eigenvalue weighted by Gasteiger charge is 1.98. The Morgan fingerprint density at radius 3 is 2.38 bits per heavy atom. The molecule has 0 saturated heterocycles. The largest absolute Gasteiger partial charge is 0.388 e. The lowest BCUT2D eigenvalue weighted by Gasteiger charge is -1.99. The minimum atomic E-state index is 0.486. The third-order valence-corrected chi connectivity index (χ3v) is 1.69. The Morgan fingerprint density at radius 1 is 1.38 bits per heavy atom. The third kappa shape index (κ3) is 3.35. The molecule has 0 bridgehead atoms. The topological polar surface area (TPSA) is 35.8 Å². The first-order chi connectivity index (χ1) is 6.27. The van der Waals surface area contributed by atoms with Crippen LogP contribution in [-0.4, -0.2) is 7.05 Å². The zero-order chi connectivity index (χ0) is 10.3. The molecular weight excluding hydrogens is 184 g/mol. The second kappa shape index (κ2) is 6.33. The second-order valence-corrected chi connectivity index (χ2v) is 2.46. The van der Waals surface area contributed by atoms with E-state index in [-0.39, 0.29) is 0 Å². The lowest BCUT2D eigenvalue weighted by Crippen LogP contribution is -1.87. The molecule has 0 aliphatic rings. The molecule has 0 saturated carbocycles. The van der Waals surface area contributed by atoms with E-state index in [0.717, 1.165) is 5.69 Å². The number of halogens is 1. The fraction of sp³-hybridized carbons (Fsp3) is 0.300. The van der Waals surface area contributed by atoms with Gasteiger partial charge in [0.25, 0.3) is 0 Å². The predicted molar refractivity (Wildman–Crippen MR) is 57.1 cm³/mol. The van der Waals surface area contributed by atoms with Gasteiger partial charge in [0, 0.05) is 12.7 Å². The van der Waals surface area contributed by atoms with Gasteiger partial charge < -0.3 is 5.32 Å². The molecule has 1 aromatic rings. The van der Waals surface area contributed by atoms with E-state index in [1.807, 2.05) is 26.0 Å². The van der Waals surface area contributed by atoms with Gasteiger partial charge in [-0.2, -0.15) is 5.26 Å². The van der Waals surface area contributed by atoms with E-state index in [4.69, 9.17) is 16.9 Å². The second-order valence-electron chi connectivity index (χ2n) is 2.06. The summed E-state index contributed by atoms with van der Waals surface area (Å²) >= 11 is 5.75. The molecule has 1 N–H and O–H groups in total. The van der Waals surface area contributed by atoms with Crippen LogP contribution in [0.25, 0.3) is 0 Å². The molecule has 0 heterocycles. The van der Waals surface area contributed by atoms with Crippen molar-refractivity contribution in [2.75, 3.05) is 12.4 Å². The summed E-state index contributed by atoms with van der Waals surface area (Å²) in [6.07, 6.45) is 0. The van der Waals surface area contributed by atoms with E-state index in [0.29, 0.717) is 10.6 Å². The number of anilines is 1. The maximum absolute atomic E-state index is 8.53. The zero-order valence-corrected chi connectivity index (χ0v) is 8.81. The van der Waals surface area contributed by atoms with Crippen LogP contribution in [0.3, 0.4) is 0 Å². The van der Waals surface area contributed by atoms with E-state index in [1.165, 1.54) is 0 Å². The van der Waals surface area contributed by atoms with Crippen molar-refractivity contribution in [1.82, 2.24) is 0 Å². The van der Waals surface area contributed by atoms with E-state index in [9.17, 15) is 0 Å². The summed E-state index contributed by atoms with van der Waals surface area (Å²) in [6, 6.07) is 7.21. The fourth-order valence-electron chi connectivity index (χ4n) is 0.761. The fourth-order valence-corrected chi connectivity index (χ4v) is 0.984. The van der Waals surface area contributed by atoms with Gasteiger partial charge in [-0.1, -0.05) is 25.4 Å². The van der Waals surface area contributed by atoms with E-state index in [2.05, 4.69) is 5.32 Å². The number of nitrogens with zero attached hydrogens (tertiary/aromatic N) is 1. The number of hydrogen-bond acceptors (Lipinski definition) is 2. The van der Waals surface area contributed by atoms with Gasteiger partial charge in [-0.05, 0) is 18.2 Å². The first kappa shape index (κ1) is 11.8.